The molecule has 2 aromatic carbocycles. The predicted molar refractivity (Wildman–Crippen MR) is 97.6 cm³/mol. The highest BCUT2D eigenvalue weighted by atomic mass is 79.9. The first-order valence-corrected chi connectivity index (χ1v) is 8.85. The van der Waals surface area contributed by atoms with Crippen LogP contribution in [0, 0.1) is 5.82 Å². The van der Waals surface area contributed by atoms with Crippen LogP contribution in [0.5, 0.6) is 0 Å². The molecule has 0 saturated carbocycles. The van der Waals surface area contributed by atoms with E-state index >= 15 is 0 Å². The number of halogens is 2. The smallest absolute Gasteiger partial charge is 0.257 e. The van der Waals surface area contributed by atoms with Gasteiger partial charge in [0.25, 0.3) is 5.91 Å². The number of nitrogens with one attached hydrogen (secondary N) is 1. The summed E-state index contributed by atoms with van der Waals surface area (Å²) < 4.78 is 15.5. The number of aromatic nitrogens is 2. The molecule has 1 aliphatic rings. The molecule has 0 radical (unpaired) electrons. The molecular weight excluding hydrogens is 385 g/mol. The van der Waals surface area contributed by atoms with Crippen molar-refractivity contribution in [1.29, 1.82) is 0 Å². The number of amides is 1. The molecule has 0 saturated heterocycles. The van der Waals surface area contributed by atoms with Crippen LogP contribution in [0.2, 0.25) is 0 Å². The van der Waals surface area contributed by atoms with Crippen LogP contribution in [-0.2, 0) is 12.8 Å². The van der Waals surface area contributed by atoms with Crippen LogP contribution in [-0.4, -0.2) is 15.7 Å². The van der Waals surface area contributed by atoms with Gasteiger partial charge in [0.2, 0.25) is 0 Å². The quantitative estimate of drug-likeness (QED) is 0.703. The third-order valence-electron chi connectivity index (χ3n) is 4.32. The molecule has 126 valence electrons. The van der Waals surface area contributed by atoms with Gasteiger partial charge in [-0.1, -0.05) is 18.2 Å². The van der Waals surface area contributed by atoms with E-state index in [0.29, 0.717) is 15.9 Å². The molecule has 0 unspecified atom stereocenters. The summed E-state index contributed by atoms with van der Waals surface area (Å²) in [6, 6.07) is 13.7. The number of benzene rings is 2. The summed E-state index contributed by atoms with van der Waals surface area (Å²) >= 11 is 3.25. The van der Waals surface area contributed by atoms with Crippen molar-refractivity contribution in [2.45, 2.75) is 19.3 Å². The topological polar surface area (TPSA) is 46.9 Å². The summed E-state index contributed by atoms with van der Waals surface area (Å²) in [6.45, 7) is 0. The molecule has 25 heavy (non-hydrogen) atoms. The highest BCUT2D eigenvalue weighted by Crippen LogP contribution is 2.31. The number of rotatable bonds is 3. The Hall–Kier alpha value is -2.47. The largest absolute Gasteiger partial charge is 0.306 e. The van der Waals surface area contributed by atoms with Gasteiger partial charge in [0.15, 0.2) is 0 Å². The summed E-state index contributed by atoms with van der Waals surface area (Å²) in [7, 11) is 0. The first-order valence-electron chi connectivity index (χ1n) is 8.06. The van der Waals surface area contributed by atoms with Crippen molar-refractivity contribution in [3.8, 4) is 5.69 Å². The lowest BCUT2D eigenvalue weighted by Crippen LogP contribution is -2.17. The van der Waals surface area contributed by atoms with Crippen molar-refractivity contribution in [2.24, 2.45) is 0 Å². The van der Waals surface area contributed by atoms with Gasteiger partial charge in [-0.25, -0.2) is 9.07 Å². The zero-order valence-corrected chi connectivity index (χ0v) is 14.9. The lowest BCUT2D eigenvalue weighted by molar-refractivity contribution is 0.102. The fraction of sp³-hybridized carbons (Fsp3) is 0.158. The number of para-hydroxylation sites is 1. The van der Waals surface area contributed by atoms with Crippen LogP contribution >= 0.6 is 15.9 Å². The van der Waals surface area contributed by atoms with Crippen molar-refractivity contribution < 1.29 is 9.18 Å². The number of carbonyl (C=O) groups is 1. The minimum absolute atomic E-state index is 0.293. The van der Waals surface area contributed by atoms with E-state index in [1.807, 2.05) is 30.3 Å². The zero-order chi connectivity index (χ0) is 17.4. The van der Waals surface area contributed by atoms with Crippen molar-refractivity contribution in [3.05, 3.63) is 75.6 Å². The van der Waals surface area contributed by atoms with E-state index in [-0.39, 0.29) is 5.91 Å². The molecule has 4 rings (SSSR count). The normalized spacial score (nSPS) is 12.9. The number of fused-ring (bicyclic) bond motifs is 1. The Kier molecular flexibility index (Phi) is 4.13. The summed E-state index contributed by atoms with van der Waals surface area (Å²) in [6.07, 6.45) is 2.84. The molecule has 0 spiro atoms. The molecule has 0 aliphatic heterocycles. The van der Waals surface area contributed by atoms with Crippen molar-refractivity contribution in [3.63, 3.8) is 0 Å². The predicted octanol–water partition coefficient (Wildman–Crippen LogP) is 4.51. The highest BCUT2D eigenvalue weighted by molar-refractivity contribution is 9.10. The second kappa shape index (κ2) is 6.44. The van der Waals surface area contributed by atoms with E-state index < -0.39 is 5.82 Å². The molecule has 1 N–H and O–H groups in total. The number of hydrogen-bond acceptors (Lipinski definition) is 2. The molecule has 0 atom stereocenters. The van der Waals surface area contributed by atoms with Crippen molar-refractivity contribution >= 4 is 27.7 Å². The summed E-state index contributed by atoms with van der Waals surface area (Å²) in [4.78, 5) is 12.7. The standard InChI is InChI=1S/C19H15BrFN3O/c20-16-11-12(21)9-10-14(16)19(25)22-18-15-7-4-8-17(15)23-24(18)13-5-2-1-3-6-13/h1-3,5-6,9-11H,4,7-8H2,(H,22,25). The molecule has 1 aliphatic carbocycles. The van der Waals surface area contributed by atoms with Crippen LogP contribution in [0.1, 0.15) is 28.0 Å². The van der Waals surface area contributed by atoms with Crippen LogP contribution in [0.25, 0.3) is 5.69 Å². The molecule has 1 heterocycles. The van der Waals surface area contributed by atoms with E-state index in [0.717, 1.165) is 36.2 Å². The Bertz CT molecular complexity index is 953. The fourth-order valence-electron chi connectivity index (χ4n) is 3.12. The number of aryl methyl sites for hydroxylation is 1. The summed E-state index contributed by atoms with van der Waals surface area (Å²) in [5.41, 5.74) is 3.38. The average molecular weight is 400 g/mol. The molecule has 0 fully saturated rings. The Balaban J connectivity index is 1.74. The van der Waals surface area contributed by atoms with Gasteiger partial charge in [0.05, 0.1) is 16.9 Å². The Labute approximate surface area is 152 Å². The summed E-state index contributed by atoms with van der Waals surface area (Å²) in [5.74, 6) is 0.0113. The SMILES string of the molecule is O=C(Nc1c2c(nn1-c1ccccc1)CCC2)c1ccc(F)cc1Br. The van der Waals surface area contributed by atoms with Gasteiger partial charge in [-0.2, -0.15) is 5.10 Å². The number of anilines is 1. The third-order valence-corrected chi connectivity index (χ3v) is 4.97. The molecular formula is C19H15BrFN3O. The highest BCUT2D eigenvalue weighted by Gasteiger charge is 2.25. The minimum atomic E-state index is -0.390. The minimum Gasteiger partial charge on any atom is -0.306 e. The average Bonchev–Trinajstić information content (AvgIpc) is 3.18. The van der Waals surface area contributed by atoms with Gasteiger partial charge in [0, 0.05) is 10.0 Å². The van der Waals surface area contributed by atoms with E-state index in [4.69, 9.17) is 0 Å². The first-order chi connectivity index (χ1) is 12.1. The molecule has 0 bridgehead atoms. The van der Waals surface area contributed by atoms with Gasteiger partial charge < -0.3 is 5.32 Å². The molecule has 3 aromatic rings. The van der Waals surface area contributed by atoms with E-state index in [1.54, 1.807) is 4.68 Å². The van der Waals surface area contributed by atoms with Crippen LogP contribution in [0.4, 0.5) is 10.2 Å². The maximum atomic E-state index is 13.3. The van der Waals surface area contributed by atoms with E-state index in [1.165, 1.54) is 18.2 Å². The Morgan fingerprint density at radius 2 is 1.96 bits per heavy atom. The monoisotopic (exact) mass is 399 g/mol. The lowest BCUT2D eigenvalue weighted by atomic mass is 10.2. The van der Waals surface area contributed by atoms with Crippen LogP contribution in [0.15, 0.2) is 53.0 Å². The Morgan fingerprint density at radius 1 is 1.16 bits per heavy atom. The van der Waals surface area contributed by atoms with Crippen LogP contribution < -0.4 is 5.32 Å². The molecule has 4 nitrogen and oxygen atoms in total. The number of carbonyl (C=O) groups excluding carboxylic acids is 1. The van der Waals surface area contributed by atoms with E-state index in [2.05, 4.69) is 26.3 Å². The second-order valence-electron chi connectivity index (χ2n) is 5.95. The van der Waals surface area contributed by atoms with Gasteiger partial charge >= 0.3 is 0 Å². The Morgan fingerprint density at radius 3 is 2.72 bits per heavy atom. The number of hydrogen-bond donors (Lipinski definition) is 1. The molecule has 1 amide bonds. The molecule has 1 aromatic heterocycles. The first kappa shape index (κ1) is 16.0. The van der Waals surface area contributed by atoms with Gasteiger partial charge in [-0.05, 0) is 65.5 Å². The number of nitrogens with zero attached hydrogens (tertiary/aromatic N) is 2. The maximum Gasteiger partial charge on any atom is 0.257 e. The van der Waals surface area contributed by atoms with Crippen molar-refractivity contribution in [1.82, 2.24) is 9.78 Å². The van der Waals surface area contributed by atoms with Gasteiger partial charge in [-0.3, -0.25) is 4.79 Å². The van der Waals surface area contributed by atoms with Gasteiger partial charge in [-0.15, -0.1) is 0 Å². The third kappa shape index (κ3) is 2.98. The maximum absolute atomic E-state index is 13.3. The van der Waals surface area contributed by atoms with Gasteiger partial charge in [0.1, 0.15) is 11.6 Å². The van der Waals surface area contributed by atoms with Crippen molar-refractivity contribution in [2.75, 3.05) is 5.32 Å². The molecule has 6 heteroatoms. The zero-order valence-electron chi connectivity index (χ0n) is 13.3. The lowest BCUT2D eigenvalue weighted by Gasteiger charge is -2.12. The van der Waals surface area contributed by atoms with E-state index in [9.17, 15) is 9.18 Å². The fourth-order valence-corrected chi connectivity index (χ4v) is 3.66. The van der Waals surface area contributed by atoms with Crippen LogP contribution in [0.3, 0.4) is 0 Å². The second-order valence-corrected chi connectivity index (χ2v) is 6.81. The summed E-state index contributed by atoms with van der Waals surface area (Å²) in [5, 5.41) is 7.65.